The van der Waals surface area contributed by atoms with Crippen LogP contribution in [0.4, 0.5) is 5.69 Å². The number of amides is 1. The molecule has 2 aromatic carbocycles. The van der Waals surface area contributed by atoms with E-state index in [1.54, 1.807) is 0 Å². The van der Waals surface area contributed by atoms with E-state index >= 15 is 0 Å². The molecule has 2 N–H and O–H groups in total. The maximum absolute atomic E-state index is 11.4. The Kier molecular flexibility index (Phi) is 3.28. The number of carbonyl (C=O) groups is 1. The summed E-state index contributed by atoms with van der Waals surface area (Å²) in [6.07, 6.45) is 0.480. The Labute approximate surface area is 119 Å². The molecule has 3 heteroatoms. The van der Waals surface area contributed by atoms with Crippen LogP contribution in [0, 0.1) is 6.92 Å². The summed E-state index contributed by atoms with van der Waals surface area (Å²) in [6.45, 7) is 2.10. The van der Waals surface area contributed by atoms with Gasteiger partial charge in [-0.25, -0.2) is 0 Å². The number of hydrogen-bond acceptors (Lipinski definition) is 2. The molecule has 0 saturated carbocycles. The van der Waals surface area contributed by atoms with Crippen molar-refractivity contribution in [3.05, 3.63) is 64.7 Å². The van der Waals surface area contributed by atoms with Crippen LogP contribution in [0.5, 0.6) is 0 Å². The highest BCUT2D eigenvalue weighted by Crippen LogP contribution is 2.29. The minimum absolute atomic E-state index is 0.0775. The zero-order valence-electron chi connectivity index (χ0n) is 11.7. The number of hydrogen-bond donors (Lipinski definition) is 2. The monoisotopic (exact) mass is 266 g/mol. The fourth-order valence-electron chi connectivity index (χ4n) is 2.80. The third-order valence-corrected chi connectivity index (χ3v) is 3.75. The molecule has 0 aliphatic carbocycles. The zero-order chi connectivity index (χ0) is 14.1. The van der Waals surface area contributed by atoms with E-state index in [0.29, 0.717) is 6.42 Å². The number of benzene rings is 2. The summed E-state index contributed by atoms with van der Waals surface area (Å²) >= 11 is 0. The van der Waals surface area contributed by atoms with Crippen molar-refractivity contribution in [2.45, 2.75) is 19.4 Å². The fourth-order valence-corrected chi connectivity index (χ4v) is 2.80. The molecule has 1 atom stereocenters. The van der Waals surface area contributed by atoms with Gasteiger partial charge in [-0.1, -0.05) is 42.0 Å². The normalized spacial score (nSPS) is 14.8. The van der Waals surface area contributed by atoms with E-state index in [4.69, 9.17) is 0 Å². The first kappa shape index (κ1) is 12.9. The predicted octanol–water partition coefficient (Wildman–Crippen LogP) is 2.80. The Bertz CT molecular complexity index is 664. The van der Waals surface area contributed by atoms with Crippen molar-refractivity contribution in [1.82, 2.24) is 5.32 Å². The second-order valence-corrected chi connectivity index (χ2v) is 5.28. The molecular formula is C17H18N2O. The van der Waals surface area contributed by atoms with Crippen LogP contribution < -0.4 is 10.6 Å². The van der Waals surface area contributed by atoms with Crippen LogP contribution in [-0.2, 0) is 11.2 Å². The van der Waals surface area contributed by atoms with Gasteiger partial charge in [-0.3, -0.25) is 4.79 Å². The Balaban J connectivity index is 1.98. The smallest absolute Gasteiger partial charge is 0.228 e. The van der Waals surface area contributed by atoms with E-state index in [9.17, 15) is 4.79 Å². The SMILES string of the molecule is CNC(c1cccc(C)c1)c1ccc2c(c1)CC(=O)N2. The van der Waals surface area contributed by atoms with Crippen LogP contribution in [0.25, 0.3) is 0 Å². The van der Waals surface area contributed by atoms with Crippen molar-refractivity contribution in [1.29, 1.82) is 0 Å². The molecular weight excluding hydrogens is 248 g/mol. The van der Waals surface area contributed by atoms with Crippen LogP contribution in [-0.4, -0.2) is 13.0 Å². The lowest BCUT2D eigenvalue weighted by molar-refractivity contribution is -0.115. The molecule has 2 aromatic rings. The lowest BCUT2D eigenvalue weighted by Gasteiger charge is -2.18. The summed E-state index contributed by atoms with van der Waals surface area (Å²) in [7, 11) is 1.96. The van der Waals surface area contributed by atoms with Gasteiger partial charge < -0.3 is 10.6 Å². The molecule has 1 heterocycles. The van der Waals surface area contributed by atoms with Gasteiger partial charge in [0.1, 0.15) is 0 Å². The van der Waals surface area contributed by atoms with Crippen molar-refractivity contribution >= 4 is 11.6 Å². The third-order valence-electron chi connectivity index (χ3n) is 3.75. The number of aryl methyl sites for hydroxylation is 1. The number of rotatable bonds is 3. The zero-order valence-corrected chi connectivity index (χ0v) is 11.7. The van der Waals surface area contributed by atoms with Crippen LogP contribution in [0.2, 0.25) is 0 Å². The summed E-state index contributed by atoms with van der Waals surface area (Å²) in [5, 5.41) is 6.23. The summed E-state index contributed by atoms with van der Waals surface area (Å²) < 4.78 is 0. The molecule has 1 aliphatic heterocycles. The molecule has 0 fully saturated rings. The fraction of sp³-hybridized carbons (Fsp3) is 0.235. The standard InChI is InChI=1S/C17H18N2O/c1-11-4-3-5-12(8-11)17(18-2)13-6-7-15-14(9-13)10-16(20)19-15/h3-9,17-18H,10H2,1-2H3,(H,19,20). The van der Waals surface area contributed by atoms with E-state index in [-0.39, 0.29) is 11.9 Å². The molecule has 102 valence electrons. The molecule has 0 aromatic heterocycles. The van der Waals surface area contributed by atoms with Gasteiger partial charge in [-0.2, -0.15) is 0 Å². The van der Waals surface area contributed by atoms with Gasteiger partial charge in [0.25, 0.3) is 0 Å². The van der Waals surface area contributed by atoms with E-state index in [0.717, 1.165) is 11.3 Å². The Morgan fingerprint density at radius 1 is 1.15 bits per heavy atom. The molecule has 0 bridgehead atoms. The van der Waals surface area contributed by atoms with Crippen molar-refractivity contribution in [2.24, 2.45) is 0 Å². The largest absolute Gasteiger partial charge is 0.326 e. The molecule has 1 unspecified atom stereocenters. The lowest BCUT2D eigenvalue weighted by atomic mass is 9.95. The lowest BCUT2D eigenvalue weighted by Crippen LogP contribution is -2.17. The quantitative estimate of drug-likeness (QED) is 0.897. The summed E-state index contributed by atoms with van der Waals surface area (Å²) in [6, 6.07) is 14.8. The molecule has 0 radical (unpaired) electrons. The number of anilines is 1. The van der Waals surface area contributed by atoms with Crippen molar-refractivity contribution in [2.75, 3.05) is 12.4 Å². The van der Waals surface area contributed by atoms with Gasteiger partial charge in [0.15, 0.2) is 0 Å². The maximum Gasteiger partial charge on any atom is 0.228 e. The minimum Gasteiger partial charge on any atom is -0.326 e. The summed E-state index contributed by atoms with van der Waals surface area (Å²) in [5.41, 5.74) is 5.71. The average molecular weight is 266 g/mol. The molecule has 1 amide bonds. The van der Waals surface area contributed by atoms with Gasteiger partial charge in [-0.05, 0) is 36.7 Å². The van der Waals surface area contributed by atoms with Crippen LogP contribution in [0.1, 0.15) is 28.3 Å². The molecule has 3 rings (SSSR count). The van der Waals surface area contributed by atoms with Crippen LogP contribution in [0.3, 0.4) is 0 Å². The molecule has 1 aliphatic rings. The highest BCUT2D eigenvalue weighted by Gasteiger charge is 2.20. The number of carbonyl (C=O) groups excluding carboxylic acids is 1. The second kappa shape index (κ2) is 5.10. The van der Waals surface area contributed by atoms with Gasteiger partial charge >= 0.3 is 0 Å². The Morgan fingerprint density at radius 3 is 2.70 bits per heavy atom. The Morgan fingerprint density at radius 2 is 1.95 bits per heavy atom. The topological polar surface area (TPSA) is 41.1 Å². The average Bonchev–Trinajstić information content (AvgIpc) is 2.79. The molecule has 3 nitrogen and oxygen atoms in total. The summed E-state index contributed by atoms with van der Waals surface area (Å²) in [4.78, 5) is 11.4. The predicted molar refractivity (Wildman–Crippen MR) is 80.9 cm³/mol. The number of nitrogens with one attached hydrogen (secondary N) is 2. The number of fused-ring (bicyclic) bond motifs is 1. The third kappa shape index (κ3) is 2.32. The second-order valence-electron chi connectivity index (χ2n) is 5.28. The maximum atomic E-state index is 11.4. The van der Waals surface area contributed by atoms with E-state index in [2.05, 4.69) is 54.0 Å². The molecule has 0 spiro atoms. The highest BCUT2D eigenvalue weighted by molar-refractivity contribution is 5.99. The van der Waals surface area contributed by atoms with E-state index in [1.165, 1.54) is 16.7 Å². The first-order valence-electron chi connectivity index (χ1n) is 6.84. The Hall–Kier alpha value is -2.13. The van der Waals surface area contributed by atoms with Gasteiger partial charge in [0, 0.05) is 5.69 Å². The van der Waals surface area contributed by atoms with E-state index < -0.39 is 0 Å². The molecule has 20 heavy (non-hydrogen) atoms. The minimum atomic E-state index is 0.0775. The summed E-state index contributed by atoms with van der Waals surface area (Å²) in [5.74, 6) is 0.0775. The van der Waals surface area contributed by atoms with Crippen LogP contribution >= 0.6 is 0 Å². The first-order valence-corrected chi connectivity index (χ1v) is 6.84. The van der Waals surface area contributed by atoms with Gasteiger partial charge in [0.05, 0.1) is 12.5 Å². The first-order chi connectivity index (χ1) is 9.67. The van der Waals surface area contributed by atoms with Crippen LogP contribution in [0.15, 0.2) is 42.5 Å². The van der Waals surface area contributed by atoms with E-state index in [1.807, 2.05) is 13.1 Å². The van der Waals surface area contributed by atoms with Gasteiger partial charge in [-0.15, -0.1) is 0 Å². The highest BCUT2D eigenvalue weighted by atomic mass is 16.1. The van der Waals surface area contributed by atoms with Crippen molar-refractivity contribution < 1.29 is 4.79 Å². The van der Waals surface area contributed by atoms with Crippen molar-refractivity contribution in [3.8, 4) is 0 Å². The van der Waals surface area contributed by atoms with Crippen molar-refractivity contribution in [3.63, 3.8) is 0 Å². The molecule has 0 saturated heterocycles. The van der Waals surface area contributed by atoms with Gasteiger partial charge in [0.2, 0.25) is 5.91 Å².